The van der Waals surface area contributed by atoms with Crippen LogP contribution in [0.4, 0.5) is 10.8 Å². The van der Waals surface area contributed by atoms with Gasteiger partial charge < -0.3 is 5.32 Å². The van der Waals surface area contributed by atoms with Crippen molar-refractivity contribution in [2.75, 3.05) is 5.32 Å². The van der Waals surface area contributed by atoms with E-state index in [9.17, 15) is 14.9 Å². The Kier molecular flexibility index (Phi) is 4.82. The zero-order valence-electron chi connectivity index (χ0n) is 14.7. The molecule has 7 heteroatoms. The van der Waals surface area contributed by atoms with E-state index in [0.29, 0.717) is 16.4 Å². The first-order valence-electron chi connectivity index (χ1n) is 8.56. The number of anilines is 1. The minimum Gasteiger partial charge on any atom is -0.302 e. The molecule has 0 radical (unpaired) electrons. The van der Waals surface area contributed by atoms with Crippen LogP contribution in [-0.4, -0.2) is 15.8 Å². The third-order valence-corrected chi connectivity index (χ3v) is 5.04. The third kappa shape index (κ3) is 3.89. The number of nitro benzene ring substituents is 1. The van der Waals surface area contributed by atoms with Crippen molar-refractivity contribution >= 4 is 38.8 Å². The number of nitro groups is 1. The number of hydrogen-bond acceptors (Lipinski definition) is 5. The Hall–Kier alpha value is -3.58. The standard InChI is InChI=1S/C21H15N3O3S/c25-20(11-14-8-9-15-4-1-2-5-16(15)10-14)23-21-22-19(13-28-21)17-6-3-7-18(12-17)24(26)27/h1-10,12-13H,11H2,(H,22,23,25). The number of hydrogen-bond donors (Lipinski definition) is 1. The fourth-order valence-corrected chi connectivity index (χ4v) is 3.68. The number of nitrogens with one attached hydrogen (secondary N) is 1. The molecular formula is C21H15N3O3S. The fourth-order valence-electron chi connectivity index (χ4n) is 2.94. The summed E-state index contributed by atoms with van der Waals surface area (Å²) in [7, 11) is 0. The summed E-state index contributed by atoms with van der Waals surface area (Å²) in [4.78, 5) is 27.2. The lowest BCUT2D eigenvalue weighted by Gasteiger charge is -2.04. The number of aromatic nitrogens is 1. The summed E-state index contributed by atoms with van der Waals surface area (Å²) in [5.74, 6) is -0.157. The van der Waals surface area contributed by atoms with Crippen LogP contribution in [0.1, 0.15) is 5.56 Å². The second kappa shape index (κ2) is 7.58. The zero-order chi connectivity index (χ0) is 19.5. The first-order chi connectivity index (χ1) is 13.6. The van der Waals surface area contributed by atoms with Gasteiger partial charge in [-0.05, 0) is 16.3 Å². The van der Waals surface area contributed by atoms with E-state index in [0.717, 1.165) is 16.3 Å². The molecule has 0 saturated carbocycles. The molecule has 1 N–H and O–H groups in total. The molecule has 1 amide bonds. The molecule has 4 aromatic rings. The van der Waals surface area contributed by atoms with Crippen molar-refractivity contribution in [3.8, 4) is 11.3 Å². The van der Waals surface area contributed by atoms with Crippen molar-refractivity contribution < 1.29 is 9.72 Å². The largest absolute Gasteiger partial charge is 0.302 e. The lowest BCUT2D eigenvalue weighted by Crippen LogP contribution is -2.14. The molecule has 0 aliphatic heterocycles. The Balaban J connectivity index is 1.46. The quantitative estimate of drug-likeness (QED) is 0.382. The fraction of sp³-hybridized carbons (Fsp3) is 0.0476. The molecule has 1 heterocycles. The molecule has 0 atom stereocenters. The minimum atomic E-state index is -0.442. The van der Waals surface area contributed by atoms with Gasteiger partial charge in [-0.3, -0.25) is 14.9 Å². The second-order valence-electron chi connectivity index (χ2n) is 6.25. The zero-order valence-corrected chi connectivity index (χ0v) is 15.5. The van der Waals surface area contributed by atoms with E-state index < -0.39 is 4.92 Å². The van der Waals surface area contributed by atoms with Gasteiger partial charge in [0.15, 0.2) is 5.13 Å². The third-order valence-electron chi connectivity index (χ3n) is 4.28. The number of carbonyl (C=O) groups excluding carboxylic acids is 1. The molecule has 0 aliphatic rings. The van der Waals surface area contributed by atoms with Crippen LogP contribution < -0.4 is 5.32 Å². The molecular weight excluding hydrogens is 374 g/mol. The Labute approximate surface area is 164 Å². The molecule has 4 rings (SSSR count). The average molecular weight is 389 g/mol. The van der Waals surface area contributed by atoms with Gasteiger partial charge in [0.25, 0.3) is 5.69 Å². The maximum atomic E-state index is 12.4. The monoisotopic (exact) mass is 389 g/mol. The Bertz CT molecular complexity index is 1190. The van der Waals surface area contributed by atoms with Crippen molar-refractivity contribution in [1.29, 1.82) is 0 Å². The molecule has 0 unspecified atom stereocenters. The first-order valence-corrected chi connectivity index (χ1v) is 9.44. The predicted molar refractivity (Wildman–Crippen MR) is 110 cm³/mol. The van der Waals surface area contributed by atoms with Crippen LogP contribution in [0.5, 0.6) is 0 Å². The number of amides is 1. The summed E-state index contributed by atoms with van der Waals surface area (Å²) in [6.45, 7) is 0. The number of thiazole rings is 1. The summed E-state index contributed by atoms with van der Waals surface area (Å²) in [5.41, 5.74) is 2.16. The van der Waals surface area contributed by atoms with Crippen molar-refractivity contribution in [2.45, 2.75) is 6.42 Å². The summed E-state index contributed by atoms with van der Waals surface area (Å²) in [6.07, 6.45) is 0.247. The molecule has 28 heavy (non-hydrogen) atoms. The summed E-state index contributed by atoms with van der Waals surface area (Å²) >= 11 is 1.29. The molecule has 0 saturated heterocycles. The van der Waals surface area contributed by atoms with Gasteiger partial charge >= 0.3 is 0 Å². The van der Waals surface area contributed by atoms with E-state index in [4.69, 9.17) is 0 Å². The SMILES string of the molecule is O=C(Cc1ccc2ccccc2c1)Nc1nc(-c2cccc([N+](=O)[O-])c2)cs1. The molecule has 0 spiro atoms. The van der Waals surface area contributed by atoms with Gasteiger partial charge in [-0.25, -0.2) is 4.98 Å². The minimum absolute atomic E-state index is 0.00684. The van der Waals surface area contributed by atoms with Gasteiger partial charge in [-0.1, -0.05) is 54.6 Å². The van der Waals surface area contributed by atoms with Gasteiger partial charge in [-0.15, -0.1) is 11.3 Å². The summed E-state index contributed by atoms with van der Waals surface area (Å²) in [6, 6.07) is 20.2. The van der Waals surface area contributed by atoms with Gasteiger partial charge in [0.05, 0.1) is 17.0 Å². The Morgan fingerprint density at radius 1 is 1.04 bits per heavy atom. The van der Waals surface area contributed by atoms with Gasteiger partial charge in [-0.2, -0.15) is 0 Å². The molecule has 3 aromatic carbocycles. The van der Waals surface area contributed by atoms with Gasteiger partial charge in [0, 0.05) is 23.1 Å². The molecule has 6 nitrogen and oxygen atoms in total. The first kappa shape index (κ1) is 17.8. The lowest BCUT2D eigenvalue weighted by atomic mass is 10.1. The van der Waals surface area contributed by atoms with E-state index in [1.807, 2.05) is 42.5 Å². The normalized spacial score (nSPS) is 10.7. The van der Waals surface area contributed by atoms with Crippen LogP contribution in [-0.2, 0) is 11.2 Å². The van der Waals surface area contributed by atoms with Crippen LogP contribution in [0.2, 0.25) is 0 Å². The number of fused-ring (bicyclic) bond motifs is 1. The van der Waals surface area contributed by atoms with Crippen LogP contribution in [0.25, 0.3) is 22.0 Å². The van der Waals surface area contributed by atoms with Gasteiger partial charge in [0.2, 0.25) is 5.91 Å². The lowest BCUT2D eigenvalue weighted by molar-refractivity contribution is -0.384. The molecule has 0 aliphatic carbocycles. The van der Waals surface area contributed by atoms with Crippen LogP contribution in [0.3, 0.4) is 0 Å². The van der Waals surface area contributed by atoms with Crippen molar-refractivity contribution in [3.05, 3.63) is 87.8 Å². The van der Waals surface area contributed by atoms with Crippen LogP contribution in [0.15, 0.2) is 72.1 Å². The second-order valence-corrected chi connectivity index (χ2v) is 7.11. The van der Waals surface area contributed by atoms with Crippen LogP contribution >= 0.6 is 11.3 Å². The van der Waals surface area contributed by atoms with E-state index in [1.54, 1.807) is 17.5 Å². The number of nitrogens with zero attached hydrogens (tertiary/aromatic N) is 2. The summed E-state index contributed by atoms with van der Waals surface area (Å²) < 4.78 is 0. The average Bonchev–Trinajstić information content (AvgIpc) is 3.16. The van der Waals surface area contributed by atoms with E-state index in [2.05, 4.69) is 10.3 Å². The van der Waals surface area contributed by atoms with E-state index in [-0.39, 0.29) is 18.0 Å². The topological polar surface area (TPSA) is 85.1 Å². The Morgan fingerprint density at radius 2 is 1.86 bits per heavy atom. The van der Waals surface area contributed by atoms with Crippen LogP contribution in [0, 0.1) is 10.1 Å². The van der Waals surface area contributed by atoms with Crippen molar-refractivity contribution in [1.82, 2.24) is 4.98 Å². The predicted octanol–water partition coefficient (Wildman–Crippen LogP) is 5.05. The highest BCUT2D eigenvalue weighted by Gasteiger charge is 2.12. The van der Waals surface area contributed by atoms with E-state index in [1.165, 1.54) is 23.5 Å². The van der Waals surface area contributed by atoms with Crippen molar-refractivity contribution in [3.63, 3.8) is 0 Å². The van der Waals surface area contributed by atoms with Crippen molar-refractivity contribution in [2.24, 2.45) is 0 Å². The maximum absolute atomic E-state index is 12.4. The Morgan fingerprint density at radius 3 is 2.68 bits per heavy atom. The summed E-state index contributed by atoms with van der Waals surface area (Å²) in [5, 5.41) is 18.2. The van der Waals surface area contributed by atoms with E-state index >= 15 is 0 Å². The van der Waals surface area contributed by atoms with Gasteiger partial charge in [0.1, 0.15) is 0 Å². The highest BCUT2D eigenvalue weighted by atomic mass is 32.1. The highest BCUT2D eigenvalue weighted by Crippen LogP contribution is 2.27. The molecule has 0 fully saturated rings. The number of rotatable bonds is 5. The molecule has 138 valence electrons. The number of carbonyl (C=O) groups is 1. The maximum Gasteiger partial charge on any atom is 0.270 e. The number of non-ortho nitro benzene ring substituents is 1. The molecule has 0 bridgehead atoms. The molecule has 1 aromatic heterocycles. The number of benzene rings is 3. The smallest absolute Gasteiger partial charge is 0.270 e. The highest BCUT2D eigenvalue weighted by molar-refractivity contribution is 7.14.